The molecule has 21 heavy (non-hydrogen) atoms. The fourth-order valence-electron chi connectivity index (χ4n) is 2.12. The highest BCUT2D eigenvalue weighted by Gasteiger charge is 2.56. The van der Waals surface area contributed by atoms with E-state index in [4.69, 9.17) is 4.74 Å². The van der Waals surface area contributed by atoms with Gasteiger partial charge < -0.3 is 9.64 Å². The Hall–Kier alpha value is -1.50. The highest BCUT2D eigenvalue weighted by molar-refractivity contribution is 9.10. The molecule has 0 aliphatic heterocycles. The Balaban J connectivity index is 2.28. The summed E-state index contributed by atoms with van der Waals surface area (Å²) in [6, 6.07) is 1.71. The zero-order valence-corrected chi connectivity index (χ0v) is 13.2. The first-order valence-electron chi connectivity index (χ1n) is 6.43. The lowest BCUT2D eigenvalue weighted by molar-refractivity contribution is -0.149. The molecule has 0 spiro atoms. The predicted molar refractivity (Wildman–Crippen MR) is 74.7 cm³/mol. The van der Waals surface area contributed by atoms with Gasteiger partial charge in [0.2, 0.25) is 0 Å². The van der Waals surface area contributed by atoms with Gasteiger partial charge in [0.1, 0.15) is 5.54 Å². The van der Waals surface area contributed by atoms with E-state index >= 15 is 0 Å². The first-order valence-corrected chi connectivity index (χ1v) is 7.22. The van der Waals surface area contributed by atoms with Crippen LogP contribution >= 0.6 is 15.9 Å². The molecular weight excluding hydrogens is 348 g/mol. The Morgan fingerprint density at radius 2 is 1.90 bits per heavy atom. The first kappa shape index (κ1) is 15.9. The molecule has 0 saturated heterocycles. The molecule has 1 saturated carbocycles. The molecule has 4 nitrogen and oxygen atoms in total. The van der Waals surface area contributed by atoms with Crippen molar-refractivity contribution in [1.82, 2.24) is 4.90 Å². The van der Waals surface area contributed by atoms with E-state index in [2.05, 4.69) is 15.9 Å². The molecule has 0 atom stereocenters. The quantitative estimate of drug-likeness (QED) is 0.611. The summed E-state index contributed by atoms with van der Waals surface area (Å²) in [5.41, 5.74) is -1.02. The van der Waals surface area contributed by atoms with Crippen LogP contribution < -0.4 is 0 Å². The average molecular weight is 362 g/mol. The monoisotopic (exact) mass is 361 g/mol. The summed E-state index contributed by atoms with van der Waals surface area (Å²) in [6.45, 7) is 1.90. The largest absolute Gasteiger partial charge is 0.464 e. The molecule has 1 aromatic rings. The van der Waals surface area contributed by atoms with Crippen molar-refractivity contribution >= 4 is 27.8 Å². The van der Waals surface area contributed by atoms with Crippen LogP contribution in [0.25, 0.3) is 0 Å². The van der Waals surface area contributed by atoms with Crippen molar-refractivity contribution in [3.05, 3.63) is 33.8 Å². The Morgan fingerprint density at radius 1 is 1.33 bits per heavy atom. The average Bonchev–Trinajstić information content (AvgIpc) is 3.23. The second kappa shape index (κ2) is 5.71. The summed E-state index contributed by atoms with van der Waals surface area (Å²) < 4.78 is 31.5. The maximum Gasteiger partial charge on any atom is 0.332 e. The van der Waals surface area contributed by atoms with Crippen molar-refractivity contribution in [2.75, 3.05) is 13.7 Å². The van der Waals surface area contributed by atoms with Gasteiger partial charge in [0, 0.05) is 11.5 Å². The van der Waals surface area contributed by atoms with Crippen molar-refractivity contribution in [3.63, 3.8) is 0 Å². The number of carbonyl (C=O) groups is 2. The third-order valence-electron chi connectivity index (χ3n) is 3.57. The number of halogens is 3. The fourth-order valence-corrected chi connectivity index (χ4v) is 2.61. The molecule has 0 bridgehead atoms. The number of rotatable bonds is 4. The molecule has 114 valence electrons. The number of ether oxygens (including phenoxy) is 1. The Kier molecular flexibility index (Phi) is 4.32. The van der Waals surface area contributed by atoms with Gasteiger partial charge in [-0.3, -0.25) is 4.79 Å². The van der Waals surface area contributed by atoms with Crippen LogP contribution in [0.15, 0.2) is 16.6 Å². The van der Waals surface area contributed by atoms with Gasteiger partial charge in [-0.15, -0.1) is 0 Å². The van der Waals surface area contributed by atoms with Gasteiger partial charge in [-0.2, -0.15) is 0 Å². The maximum absolute atomic E-state index is 13.3. The summed E-state index contributed by atoms with van der Waals surface area (Å²) in [5.74, 6) is -3.20. The van der Waals surface area contributed by atoms with Crippen LogP contribution in [0.1, 0.15) is 30.1 Å². The zero-order valence-electron chi connectivity index (χ0n) is 11.6. The van der Waals surface area contributed by atoms with Crippen LogP contribution in [0.2, 0.25) is 0 Å². The number of nitrogens with zero attached hydrogens (tertiary/aromatic N) is 1. The van der Waals surface area contributed by atoms with Gasteiger partial charge in [-0.05, 0) is 47.8 Å². The minimum Gasteiger partial charge on any atom is -0.464 e. The van der Waals surface area contributed by atoms with E-state index in [1.165, 1.54) is 11.9 Å². The van der Waals surface area contributed by atoms with E-state index < -0.39 is 29.0 Å². The van der Waals surface area contributed by atoms with Gasteiger partial charge in [-0.25, -0.2) is 13.6 Å². The maximum atomic E-state index is 13.3. The molecule has 1 fully saturated rings. The van der Waals surface area contributed by atoms with E-state index in [1.807, 2.05) is 0 Å². The van der Waals surface area contributed by atoms with Gasteiger partial charge in [0.15, 0.2) is 11.6 Å². The number of hydrogen-bond donors (Lipinski definition) is 0. The molecule has 0 aromatic heterocycles. The van der Waals surface area contributed by atoms with Gasteiger partial charge >= 0.3 is 5.97 Å². The highest BCUT2D eigenvalue weighted by atomic mass is 79.9. The molecule has 0 unspecified atom stereocenters. The second-order valence-corrected chi connectivity index (χ2v) is 5.72. The smallest absolute Gasteiger partial charge is 0.332 e. The topological polar surface area (TPSA) is 46.6 Å². The molecule has 1 aromatic carbocycles. The van der Waals surface area contributed by atoms with Gasteiger partial charge in [0.25, 0.3) is 5.91 Å². The molecule has 1 aliphatic rings. The van der Waals surface area contributed by atoms with Crippen molar-refractivity contribution in [2.45, 2.75) is 25.3 Å². The van der Waals surface area contributed by atoms with Crippen molar-refractivity contribution in [1.29, 1.82) is 0 Å². The number of amides is 1. The fraction of sp³-hybridized carbons (Fsp3) is 0.429. The lowest BCUT2D eigenvalue weighted by Gasteiger charge is -2.26. The molecule has 1 aliphatic carbocycles. The third kappa shape index (κ3) is 2.79. The van der Waals surface area contributed by atoms with E-state index in [-0.39, 0.29) is 16.6 Å². The normalized spacial score (nSPS) is 15.5. The summed E-state index contributed by atoms with van der Waals surface area (Å²) in [6.07, 6.45) is 0.991. The molecule has 7 heteroatoms. The summed E-state index contributed by atoms with van der Waals surface area (Å²) in [5, 5.41) is 0. The van der Waals surface area contributed by atoms with Crippen LogP contribution in [-0.2, 0) is 9.53 Å². The number of carbonyl (C=O) groups excluding carboxylic acids is 2. The van der Waals surface area contributed by atoms with E-state index in [1.54, 1.807) is 6.92 Å². The second-order valence-electron chi connectivity index (χ2n) is 4.86. The molecule has 0 N–H and O–H groups in total. The van der Waals surface area contributed by atoms with Crippen molar-refractivity contribution in [2.24, 2.45) is 0 Å². The number of benzene rings is 1. The Labute approximate surface area is 129 Å². The SMILES string of the molecule is CCOC(=O)C1(N(C)C(=O)c2cc(F)c(F)cc2Br)CC1. The Bertz CT molecular complexity index is 602. The van der Waals surface area contributed by atoms with E-state index in [9.17, 15) is 18.4 Å². The van der Waals surface area contributed by atoms with Gasteiger partial charge in [-0.1, -0.05) is 0 Å². The van der Waals surface area contributed by atoms with E-state index in [0.29, 0.717) is 12.8 Å². The third-order valence-corrected chi connectivity index (χ3v) is 4.22. The van der Waals surface area contributed by atoms with Crippen LogP contribution in [0.3, 0.4) is 0 Å². The summed E-state index contributed by atoms with van der Waals surface area (Å²) >= 11 is 3.03. The molecule has 0 radical (unpaired) electrons. The molecule has 2 rings (SSSR count). The molecule has 1 amide bonds. The summed E-state index contributed by atoms with van der Waals surface area (Å²) in [4.78, 5) is 25.6. The Morgan fingerprint density at radius 3 is 2.43 bits per heavy atom. The molecular formula is C14H14BrF2NO3. The van der Waals surface area contributed by atoms with E-state index in [0.717, 1.165) is 12.1 Å². The predicted octanol–water partition coefficient (Wildman–Crippen LogP) is 2.90. The van der Waals surface area contributed by atoms with Crippen LogP contribution in [0, 0.1) is 11.6 Å². The lowest BCUT2D eigenvalue weighted by Crippen LogP contribution is -2.45. The minimum absolute atomic E-state index is 0.0352. The van der Waals surface area contributed by atoms with Crippen LogP contribution in [0.4, 0.5) is 8.78 Å². The van der Waals surface area contributed by atoms with Crippen LogP contribution in [0.5, 0.6) is 0 Å². The zero-order chi connectivity index (χ0) is 15.8. The summed E-state index contributed by atoms with van der Waals surface area (Å²) in [7, 11) is 1.46. The number of likely N-dealkylation sites (N-methyl/N-ethyl adjacent to an activating group) is 1. The standard InChI is InChI=1S/C14H14BrF2NO3/c1-3-21-13(20)14(4-5-14)18(2)12(19)8-6-10(16)11(17)7-9(8)15/h6-7H,3-5H2,1-2H3. The van der Waals surface area contributed by atoms with Gasteiger partial charge in [0.05, 0.1) is 12.2 Å². The number of hydrogen-bond acceptors (Lipinski definition) is 3. The lowest BCUT2D eigenvalue weighted by atomic mass is 10.1. The number of esters is 1. The van der Waals surface area contributed by atoms with Crippen molar-refractivity contribution < 1.29 is 23.1 Å². The first-order chi connectivity index (χ1) is 9.83. The minimum atomic E-state index is -1.11. The van der Waals surface area contributed by atoms with Crippen LogP contribution in [-0.4, -0.2) is 36.0 Å². The molecule has 0 heterocycles. The highest BCUT2D eigenvalue weighted by Crippen LogP contribution is 2.43. The van der Waals surface area contributed by atoms with Crippen molar-refractivity contribution in [3.8, 4) is 0 Å².